The van der Waals surface area contributed by atoms with Crippen LogP contribution in [0, 0.1) is 5.92 Å². The molecule has 1 aliphatic rings. The summed E-state index contributed by atoms with van der Waals surface area (Å²) in [7, 11) is -3.37. The van der Waals surface area contributed by atoms with Gasteiger partial charge in [-0.3, -0.25) is 14.9 Å². The largest absolute Gasteiger partial charge is 0.322 e. The van der Waals surface area contributed by atoms with E-state index in [0.29, 0.717) is 11.4 Å². The van der Waals surface area contributed by atoms with Gasteiger partial charge in [-0.25, -0.2) is 13.1 Å². The van der Waals surface area contributed by atoms with Crippen LogP contribution in [0.2, 0.25) is 0 Å². The van der Waals surface area contributed by atoms with Crippen molar-refractivity contribution >= 4 is 27.5 Å². The van der Waals surface area contributed by atoms with E-state index in [9.17, 15) is 18.0 Å². The Balaban J connectivity index is 1.81. The molecule has 3 atom stereocenters. The molecule has 1 aliphatic heterocycles. The van der Waals surface area contributed by atoms with Crippen LogP contribution in [0.4, 0.5) is 5.82 Å². The van der Waals surface area contributed by atoms with Crippen molar-refractivity contribution in [1.82, 2.24) is 20.4 Å². The number of amides is 2. The molecule has 186 valence electrons. The highest BCUT2D eigenvalue weighted by atomic mass is 32.2. The number of carbonyl (C=O) groups excluding carboxylic acids is 2. The van der Waals surface area contributed by atoms with Crippen molar-refractivity contribution in [1.29, 1.82) is 0 Å². The van der Waals surface area contributed by atoms with Gasteiger partial charge in [-0.15, -0.1) is 0 Å². The Kier molecular flexibility index (Phi) is 7.23. The number of sulfone groups is 1. The van der Waals surface area contributed by atoms with Crippen molar-refractivity contribution in [3.8, 4) is 0 Å². The molecule has 3 rings (SSSR count). The number of hydrogen-bond donors (Lipinski definition) is 3. The SMILES string of the molecule is CC1NC(n2nc(C(C)(C)C)cc2NC(=O)Cc2ccc(S(=O)(=O)C(C)C)cc2)NC(=O)C1C. The summed E-state index contributed by atoms with van der Waals surface area (Å²) >= 11 is 0. The zero-order valence-electron chi connectivity index (χ0n) is 20.8. The number of nitrogens with zero attached hydrogens (tertiary/aromatic N) is 2. The van der Waals surface area contributed by atoms with Crippen molar-refractivity contribution in [2.24, 2.45) is 5.92 Å². The first-order valence-corrected chi connectivity index (χ1v) is 13.0. The summed E-state index contributed by atoms with van der Waals surface area (Å²) in [6.45, 7) is 13.1. The van der Waals surface area contributed by atoms with E-state index in [-0.39, 0.29) is 40.5 Å². The van der Waals surface area contributed by atoms with Gasteiger partial charge in [0.25, 0.3) is 0 Å². The lowest BCUT2D eigenvalue weighted by Crippen LogP contribution is -2.57. The average molecular weight is 490 g/mol. The first-order valence-electron chi connectivity index (χ1n) is 11.5. The molecule has 1 aromatic heterocycles. The molecule has 0 saturated carbocycles. The van der Waals surface area contributed by atoms with Crippen molar-refractivity contribution in [3.05, 3.63) is 41.6 Å². The van der Waals surface area contributed by atoms with E-state index in [1.807, 2.05) is 40.7 Å². The minimum Gasteiger partial charge on any atom is -0.322 e. The molecule has 1 fully saturated rings. The third kappa shape index (κ3) is 5.50. The molecule has 1 saturated heterocycles. The van der Waals surface area contributed by atoms with E-state index in [2.05, 4.69) is 21.0 Å². The standard InChI is InChI=1S/C24H35N5O4S/c1-14(2)34(32,33)18-10-8-17(9-11-18)12-21(30)26-20-13-19(24(5,6)7)28-29(20)23-25-16(4)15(3)22(31)27-23/h8-11,13-16,23,25H,12H2,1-7H3,(H,26,30)(H,27,31). The van der Waals surface area contributed by atoms with Crippen LogP contribution >= 0.6 is 0 Å². The summed E-state index contributed by atoms with van der Waals surface area (Å²) in [5.41, 5.74) is 1.20. The molecule has 0 bridgehead atoms. The third-order valence-corrected chi connectivity index (χ3v) is 8.29. The van der Waals surface area contributed by atoms with Crippen molar-refractivity contribution in [2.75, 3.05) is 5.32 Å². The summed E-state index contributed by atoms with van der Waals surface area (Å²) < 4.78 is 26.2. The predicted octanol–water partition coefficient (Wildman–Crippen LogP) is 2.74. The lowest BCUT2D eigenvalue weighted by atomic mass is 9.92. The van der Waals surface area contributed by atoms with Crippen LogP contribution in [0.25, 0.3) is 0 Å². The van der Waals surface area contributed by atoms with Gasteiger partial charge in [-0.1, -0.05) is 39.8 Å². The topological polar surface area (TPSA) is 122 Å². The van der Waals surface area contributed by atoms with Gasteiger partial charge < -0.3 is 10.6 Å². The van der Waals surface area contributed by atoms with E-state index in [0.717, 1.165) is 5.69 Å². The zero-order valence-corrected chi connectivity index (χ0v) is 21.7. The van der Waals surface area contributed by atoms with Gasteiger partial charge in [0, 0.05) is 17.5 Å². The fourth-order valence-electron chi connectivity index (χ4n) is 3.55. The van der Waals surface area contributed by atoms with Gasteiger partial charge in [0.05, 0.1) is 28.2 Å². The number of anilines is 1. The Morgan fingerprint density at radius 1 is 1.18 bits per heavy atom. The first-order chi connectivity index (χ1) is 15.7. The average Bonchev–Trinajstić information content (AvgIpc) is 3.16. The predicted molar refractivity (Wildman–Crippen MR) is 131 cm³/mol. The first kappa shape index (κ1) is 25.9. The van der Waals surface area contributed by atoms with E-state index in [1.54, 1.807) is 30.7 Å². The fraction of sp³-hybridized carbons (Fsp3) is 0.542. The molecular weight excluding hydrogens is 454 g/mol. The zero-order chi connectivity index (χ0) is 25.4. The minimum absolute atomic E-state index is 0.0646. The molecular formula is C24H35N5O4S. The summed E-state index contributed by atoms with van der Waals surface area (Å²) in [4.78, 5) is 25.5. The third-order valence-electron chi connectivity index (χ3n) is 6.12. The highest BCUT2D eigenvalue weighted by Crippen LogP contribution is 2.27. The number of carbonyl (C=O) groups is 2. The maximum Gasteiger partial charge on any atom is 0.229 e. The Morgan fingerprint density at radius 2 is 1.79 bits per heavy atom. The van der Waals surface area contributed by atoms with Crippen molar-refractivity contribution in [3.63, 3.8) is 0 Å². The Morgan fingerprint density at radius 3 is 2.32 bits per heavy atom. The lowest BCUT2D eigenvalue weighted by Gasteiger charge is -2.34. The molecule has 0 spiro atoms. The van der Waals surface area contributed by atoms with Crippen LogP contribution in [0.1, 0.15) is 66.0 Å². The maximum atomic E-state index is 12.9. The van der Waals surface area contributed by atoms with Gasteiger partial charge in [0.1, 0.15) is 5.82 Å². The van der Waals surface area contributed by atoms with E-state index < -0.39 is 21.4 Å². The fourth-order valence-corrected chi connectivity index (χ4v) is 4.61. The molecule has 0 radical (unpaired) electrons. The minimum atomic E-state index is -3.37. The molecule has 10 heteroatoms. The van der Waals surface area contributed by atoms with Crippen LogP contribution in [0.3, 0.4) is 0 Å². The van der Waals surface area contributed by atoms with Gasteiger partial charge in [0.2, 0.25) is 11.8 Å². The Labute approximate surface area is 201 Å². The number of aromatic nitrogens is 2. The van der Waals surface area contributed by atoms with Crippen LogP contribution in [0.15, 0.2) is 35.2 Å². The van der Waals surface area contributed by atoms with Gasteiger partial charge in [-0.05, 0) is 38.5 Å². The number of rotatable bonds is 6. The highest BCUT2D eigenvalue weighted by Gasteiger charge is 2.33. The Bertz CT molecular complexity index is 1160. The molecule has 3 unspecified atom stereocenters. The molecule has 2 amide bonds. The normalized spacial score (nSPS) is 21.4. The number of hydrogen-bond acceptors (Lipinski definition) is 6. The molecule has 9 nitrogen and oxygen atoms in total. The summed E-state index contributed by atoms with van der Waals surface area (Å²) in [6.07, 6.45) is -0.527. The monoisotopic (exact) mass is 489 g/mol. The maximum absolute atomic E-state index is 12.9. The molecule has 2 heterocycles. The van der Waals surface area contributed by atoms with Gasteiger partial charge in [-0.2, -0.15) is 5.10 Å². The second-order valence-electron chi connectivity index (χ2n) is 10.2. The molecule has 34 heavy (non-hydrogen) atoms. The Hall–Kier alpha value is -2.72. The van der Waals surface area contributed by atoms with E-state index in [4.69, 9.17) is 0 Å². The van der Waals surface area contributed by atoms with Gasteiger partial charge >= 0.3 is 0 Å². The van der Waals surface area contributed by atoms with E-state index in [1.165, 1.54) is 12.1 Å². The number of benzene rings is 1. The molecule has 3 N–H and O–H groups in total. The van der Waals surface area contributed by atoms with Crippen molar-refractivity contribution in [2.45, 2.75) is 82.8 Å². The highest BCUT2D eigenvalue weighted by molar-refractivity contribution is 7.92. The summed E-state index contributed by atoms with van der Waals surface area (Å²) in [6, 6.07) is 8.11. The van der Waals surface area contributed by atoms with E-state index >= 15 is 0 Å². The van der Waals surface area contributed by atoms with Crippen LogP contribution in [-0.4, -0.2) is 41.3 Å². The summed E-state index contributed by atoms with van der Waals surface area (Å²) in [5.74, 6) is -0.0784. The quantitative estimate of drug-likeness (QED) is 0.574. The lowest BCUT2D eigenvalue weighted by molar-refractivity contribution is -0.130. The van der Waals surface area contributed by atoms with Crippen LogP contribution in [0.5, 0.6) is 0 Å². The van der Waals surface area contributed by atoms with Crippen molar-refractivity contribution < 1.29 is 18.0 Å². The molecule has 0 aliphatic carbocycles. The summed E-state index contributed by atoms with van der Waals surface area (Å²) in [5, 5.41) is 13.3. The van der Waals surface area contributed by atoms with Gasteiger partial charge in [0.15, 0.2) is 16.1 Å². The second-order valence-corrected chi connectivity index (χ2v) is 12.7. The smallest absolute Gasteiger partial charge is 0.229 e. The van der Waals surface area contributed by atoms with Crippen LogP contribution in [-0.2, 0) is 31.3 Å². The molecule has 1 aromatic carbocycles. The van der Waals surface area contributed by atoms with Crippen LogP contribution < -0.4 is 16.0 Å². The number of nitrogens with one attached hydrogen (secondary N) is 3. The second kappa shape index (κ2) is 9.50. The molecule has 2 aromatic rings.